The third-order valence-electron chi connectivity index (χ3n) is 1.84. The molecule has 2 N–H and O–H groups in total. The average molecular weight is 355 g/mol. The molecule has 0 aliphatic carbocycles. The van der Waals surface area contributed by atoms with E-state index in [2.05, 4.69) is 27.9 Å². The number of carboxylic acid groups (broad SMARTS) is 1. The lowest BCUT2D eigenvalue weighted by molar-refractivity contribution is -0.147. The number of carboxylic acids is 1. The SMILES string of the molecule is COC(CNC(=O)c1csc(I)c1)C(=O)O. The fourth-order valence-corrected chi connectivity index (χ4v) is 2.31. The number of hydrogen-bond acceptors (Lipinski definition) is 4. The Balaban J connectivity index is 2.49. The number of nitrogens with one attached hydrogen (secondary N) is 1. The summed E-state index contributed by atoms with van der Waals surface area (Å²) in [5.41, 5.74) is 0.537. The number of carbonyl (C=O) groups excluding carboxylic acids is 1. The maximum Gasteiger partial charge on any atom is 0.334 e. The number of hydrogen-bond donors (Lipinski definition) is 2. The van der Waals surface area contributed by atoms with E-state index in [0.29, 0.717) is 5.56 Å². The van der Waals surface area contributed by atoms with Gasteiger partial charge < -0.3 is 15.2 Å². The van der Waals surface area contributed by atoms with E-state index < -0.39 is 12.1 Å². The number of thiophene rings is 1. The standard InChI is InChI=1S/C9H10INO4S/c1-15-6(9(13)14)3-11-8(12)5-2-7(10)16-4-5/h2,4,6H,3H2,1H3,(H,11,12)(H,13,14). The van der Waals surface area contributed by atoms with E-state index in [1.165, 1.54) is 18.4 Å². The number of carbonyl (C=O) groups is 2. The second-order valence-electron chi connectivity index (χ2n) is 2.91. The number of rotatable bonds is 5. The Morgan fingerprint density at radius 3 is 2.81 bits per heavy atom. The molecule has 0 aliphatic rings. The second-order valence-corrected chi connectivity index (χ2v) is 5.72. The number of ether oxygens (including phenoxy) is 1. The van der Waals surface area contributed by atoms with Gasteiger partial charge in [-0.3, -0.25) is 4.79 Å². The van der Waals surface area contributed by atoms with E-state index in [1.807, 2.05) is 0 Å². The van der Waals surface area contributed by atoms with Gasteiger partial charge in [-0.15, -0.1) is 11.3 Å². The zero-order valence-electron chi connectivity index (χ0n) is 8.40. The Morgan fingerprint density at radius 2 is 2.38 bits per heavy atom. The molecule has 1 amide bonds. The van der Waals surface area contributed by atoms with Gasteiger partial charge in [-0.2, -0.15) is 0 Å². The van der Waals surface area contributed by atoms with Crippen molar-refractivity contribution in [3.63, 3.8) is 0 Å². The van der Waals surface area contributed by atoms with E-state index >= 15 is 0 Å². The van der Waals surface area contributed by atoms with Crippen LogP contribution in [0.1, 0.15) is 10.4 Å². The van der Waals surface area contributed by atoms with Crippen LogP contribution in [0, 0.1) is 2.88 Å². The average Bonchev–Trinajstić information content (AvgIpc) is 2.65. The molecule has 1 rings (SSSR count). The maximum atomic E-state index is 11.5. The zero-order chi connectivity index (χ0) is 12.1. The number of methoxy groups -OCH3 is 1. The summed E-state index contributed by atoms with van der Waals surface area (Å²) < 4.78 is 5.69. The molecule has 0 fully saturated rings. The predicted molar refractivity (Wildman–Crippen MR) is 67.8 cm³/mol. The highest BCUT2D eigenvalue weighted by molar-refractivity contribution is 14.1. The molecule has 1 unspecified atom stereocenters. The fourth-order valence-electron chi connectivity index (χ4n) is 0.988. The molecule has 1 heterocycles. The summed E-state index contributed by atoms with van der Waals surface area (Å²) >= 11 is 3.57. The van der Waals surface area contributed by atoms with Gasteiger partial charge >= 0.3 is 5.97 Å². The van der Waals surface area contributed by atoms with E-state index in [1.54, 1.807) is 11.4 Å². The Hall–Kier alpha value is -0.670. The molecular weight excluding hydrogens is 345 g/mol. The summed E-state index contributed by atoms with van der Waals surface area (Å²) in [5, 5.41) is 12.9. The minimum Gasteiger partial charge on any atom is -0.479 e. The van der Waals surface area contributed by atoms with Crippen molar-refractivity contribution in [2.75, 3.05) is 13.7 Å². The third kappa shape index (κ3) is 3.72. The lowest BCUT2D eigenvalue weighted by atomic mass is 10.3. The van der Waals surface area contributed by atoms with Crippen LogP contribution in [-0.4, -0.2) is 36.7 Å². The lowest BCUT2D eigenvalue weighted by Gasteiger charge is -2.10. The predicted octanol–water partition coefficient (Wildman–Crippen LogP) is 1.18. The summed E-state index contributed by atoms with van der Waals surface area (Å²) in [5.74, 6) is -1.38. The van der Waals surface area contributed by atoms with Crippen molar-refractivity contribution in [3.8, 4) is 0 Å². The van der Waals surface area contributed by atoms with E-state index in [0.717, 1.165) is 2.88 Å². The van der Waals surface area contributed by atoms with Crippen molar-refractivity contribution in [1.29, 1.82) is 0 Å². The van der Waals surface area contributed by atoms with Gasteiger partial charge in [0.15, 0.2) is 6.10 Å². The Bertz CT molecular complexity index is 393. The minimum atomic E-state index is -1.09. The monoisotopic (exact) mass is 355 g/mol. The van der Waals surface area contributed by atoms with Crippen LogP contribution in [0.2, 0.25) is 0 Å². The molecule has 0 spiro atoms. The van der Waals surface area contributed by atoms with Crippen LogP contribution in [-0.2, 0) is 9.53 Å². The van der Waals surface area contributed by atoms with Crippen LogP contribution < -0.4 is 5.32 Å². The molecule has 0 saturated heterocycles. The molecule has 0 aliphatic heterocycles. The van der Waals surface area contributed by atoms with Crippen LogP contribution in [0.15, 0.2) is 11.4 Å². The smallest absolute Gasteiger partial charge is 0.334 e. The van der Waals surface area contributed by atoms with E-state index in [9.17, 15) is 9.59 Å². The summed E-state index contributed by atoms with van der Waals surface area (Å²) in [4.78, 5) is 22.2. The summed E-state index contributed by atoms with van der Waals surface area (Å²) in [7, 11) is 1.29. The minimum absolute atomic E-state index is 0.0446. The summed E-state index contributed by atoms with van der Waals surface area (Å²) in [6.45, 7) is -0.0446. The first-order valence-electron chi connectivity index (χ1n) is 4.32. The highest BCUT2D eigenvalue weighted by atomic mass is 127. The van der Waals surface area contributed by atoms with Crippen LogP contribution in [0.25, 0.3) is 0 Å². The lowest BCUT2D eigenvalue weighted by Crippen LogP contribution is -2.37. The molecule has 0 bridgehead atoms. The van der Waals surface area contributed by atoms with Gasteiger partial charge in [0.1, 0.15) is 0 Å². The Kier molecular flexibility index (Phi) is 5.16. The number of aliphatic carboxylic acids is 1. The Morgan fingerprint density at radius 1 is 1.69 bits per heavy atom. The largest absolute Gasteiger partial charge is 0.479 e. The van der Waals surface area contributed by atoms with Crippen molar-refractivity contribution < 1.29 is 19.4 Å². The molecule has 1 aromatic heterocycles. The molecule has 0 aromatic carbocycles. The molecule has 0 radical (unpaired) electrons. The van der Waals surface area contributed by atoms with Crippen LogP contribution in [0.5, 0.6) is 0 Å². The highest BCUT2D eigenvalue weighted by Crippen LogP contribution is 2.16. The van der Waals surface area contributed by atoms with E-state index in [-0.39, 0.29) is 12.5 Å². The maximum absolute atomic E-state index is 11.5. The summed E-state index contributed by atoms with van der Waals surface area (Å²) in [6, 6.07) is 1.74. The van der Waals surface area contributed by atoms with Gasteiger partial charge in [0.25, 0.3) is 5.91 Å². The Labute approximate surface area is 110 Å². The van der Waals surface area contributed by atoms with Crippen molar-refractivity contribution in [1.82, 2.24) is 5.32 Å². The number of amides is 1. The van der Waals surface area contributed by atoms with Gasteiger partial charge in [0, 0.05) is 12.5 Å². The normalized spacial score (nSPS) is 12.1. The van der Waals surface area contributed by atoms with Crippen molar-refractivity contribution in [3.05, 3.63) is 19.9 Å². The molecule has 88 valence electrons. The van der Waals surface area contributed by atoms with Gasteiger partial charge in [-0.25, -0.2) is 4.79 Å². The first-order valence-corrected chi connectivity index (χ1v) is 6.28. The molecule has 7 heteroatoms. The molecule has 1 aromatic rings. The molecule has 0 saturated carbocycles. The highest BCUT2D eigenvalue weighted by Gasteiger charge is 2.17. The quantitative estimate of drug-likeness (QED) is 0.778. The van der Waals surface area contributed by atoms with Gasteiger partial charge in [0.05, 0.1) is 15.0 Å². The molecular formula is C9H10INO4S. The second kappa shape index (κ2) is 6.16. The van der Waals surface area contributed by atoms with Gasteiger partial charge in [-0.05, 0) is 28.7 Å². The molecule has 5 nitrogen and oxygen atoms in total. The first kappa shape index (κ1) is 13.4. The number of halogens is 1. The topological polar surface area (TPSA) is 75.6 Å². The summed E-state index contributed by atoms with van der Waals surface area (Å²) in [6.07, 6.45) is -1.01. The zero-order valence-corrected chi connectivity index (χ0v) is 11.4. The van der Waals surface area contributed by atoms with Crippen LogP contribution in [0.4, 0.5) is 0 Å². The van der Waals surface area contributed by atoms with Crippen LogP contribution in [0.3, 0.4) is 0 Å². The molecule has 16 heavy (non-hydrogen) atoms. The van der Waals surface area contributed by atoms with E-state index in [4.69, 9.17) is 9.84 Å². The van der Waals surface area contributed by atoms with Crippen molar-refractivity contribution in [2.24, 2.45) is 0 Å². The molecule has 1 atom stereocenters. The van der Waals surface area contributed by atoms with Gasteiger partial charge in [0.2, 0.25) is 0 Å². The fraction of sp³-hybridized carbons (Fsp3) is 0.333. The third-order valence-corrected chi connectivity index (χ3v) is 3.63. The first-order chi connectivity index (χ1) is 7.54. The van der Waals surface area contributed by atoms with Crippen molar-refractivity contribution in [2.45, 2.75) is 6.10 Å². The van der Waals surface area contributed by atoms with Crippen molar-refractivity contribution >= 4 is 45.8 Å². The van der Waals surface area contributed by atoms with Crippen LogP contribution >= 0.6 is 33.9 Å². The van der Waals surface area contributed by atoms with Gasteiger partial charge in [-0.1, -0.05) is 0 Å².